The Morgan fingerprint density at radius 2 is 0.839 bits per heavy atom. The summed E-state index contributed by atoms with van der Waals surface area (Å²) in [5.74, 6) is 0. The van der Waals surface area contributed by atoms with Gasteiger partial charge >= 0.3 is 0 Å². The van der Waals surface area contributed by atoms with Gasteiger partial charge in [-0.1, -0.05) is 114 Å². The fourth-order valence-electron chi connectivity index (χ4n) is 9.37. The molecule has 62 heavy (non-hydrogen) atoms. The number of rotatable bonds is 8. The first-order chi connectivity index (χ1) is 30.2. The van der Waals surface area contributed by atoms with E-state index in [9.17, 15) is 0 Å². The standard InChI is InChI=1S/C57H47N5/c1-36-29-38(3)54(39(4)30-36)48-33-50-51(34-49(48)55-40(5)31-37(2)32-41(55)6)60-57(56(59-50)43-15-9-7-10-16-43)44-22-26-47(27-23-44)62(45-17-11-8-12-18-45)46-24-20-42(21-25-46)52-35-61-28-14-13-19-53(61)58-52/h7-35H,1-6H3. The first-order valence-electron chi connectivity index (χ1n) is 21.3. The van der Waals surface area contributed by atoms with Crippen molar-refractivity contribution in [3.63, 3.8) is 0 Å². The molecule has 0 saturated heterocycles. The summed E-state index contributed by atoms with van der Waals surface area (Å²) in [4.78, 5) is 18.2. The van der Waals surface area contributed by atoms with Crippen molar-refractivity contribution in [2.75, 3.05) is 4.90 Å². The Hall–Kier alpha value is -7.63. The molecule has 300 valence electrons. The minimum Gasteiger partial charge on any atom is -0.311 e. The van der Waals surface area contributed by atoms with Crippen LogP contribution in [0.15, 0.2) is 176 Å². The number of benzene rings is 7. The van der Waals surface area contributed by atoms with E-state index in [0.717, 1.165) is 67.5 Å². The van der Waals surface area contributed by atoms with Crippen LogP contribution in [0.2, 0.25) is 0 Å². The average molecular weight is 802 g/mol. The van der Waals surface area contributed by atoms with Gasteiger partial charge in [-0.25, -0.2) is 15.0 Å². The molecule has 3 aromatic heterocycles. The molecule has 0 bridgehead atoms. The van der Waals surface area contributed by atoms with E-state index in [4.69, 9.17) is 15.0 Å². The molecule has 0 N–H and O–H groups in total. The Labute approximate surface area is 363 Å². The van der Waals surface area contributed by atoms with Gasteiger partial charge in [0.15, 0.2) is 0 Å². The number of imidazole rings is 1. The van der Waals surface area contributed by atoms with Crippen molar-refractivity contribution in [3.8, 4) is 56.0 Å². The zero-order chi connectivity index (χ0) is 42.5. The van der Waals surface area contributed by atoms with Crippen LogP contribution < -0.4 is 4.90 Å². The van der Waals surface area contributed by atoms with Gasteiger partial charge in [-0.15, -0.1) is 0 Å². The van der Waals surface area contributed by atoms with Crippen molar-refractivity contribution in [3.05, 3.63) is 210 Å². The molecule has 10 rings (SSSR count). The molecule has 7 aromatic carbocycles. The molecule has 0 aliphatic heterocycles. The van der Waals surface area contributed by atoms with Gasteiger partial charge in [-0.2, -0.15) is 0 Å². The van der Waals surface area contributed by atoms with Gasteiger partial charge in [0.25, 0.3) is 0 Å². The van der Waals surface area contributed by atoms with Gasteiger partial charge in [-0.3, -0.25) is 0 Å². The molecule has 0 amide bonds. The Balaban J connectivity index is 1.11. The summed E-state index contributed by atoms with van der Waals surface area (Å²) >= 11 is 0. The molecule has 0 unspecified atom stereocenters. The molecule has 5 heteroatoms. The lowest BCUT2D eigenvalue weighted by Gasteiger charge is -2.26. The summed E-state index contributed by atoms with van der Waals surface area (Å²) in [7, 11) is 0. The summed E-state index contributed by atoms with van der Waals surface area (Å²) < 4.78 is 2.05. The summed E-state index contributed by atoms with van der Waals surface area (Å²) in [5.41, 5.74) is 23.9. The van der Waals surface area contributed by atoms with Gasteiger partial charge in [-0.05, 0) is 147 Å². The third kappa shape index (κ3) is 7.11. The van der Waals surface area contributed by atoms with E-state index in [-0.39, 0.29) is 0 Å². The van der Waals surface area contributed by atoms with E-state index < -0.39 is 0 Å². The largest absolute Gasteiger partial charge is 0.311 e. The van der Waals surface area contributed by atoms with Crippen molar-refractivity contribution in [2.24, 2.45) is 0 Å². The molecule has 3 heterocycles. The lowest BCUT2D eigenvalue weighted by atomic mass is 9.85. The lowest BCUT2D eigenvalue weighted by molar-refractivity contribution is 1.19. The first kappa shape index (κ1) is 38.6. The van der Waals surface area contributed by atoms with Gasteiger partial charge in [0.2, 0.25) is 0 Å². The maximum absolute atomic E-state index is 5.54. The van der Waals surface area contributed by atoms with E-state index in [1.54, 1.807) is 0 Å². The van der Waals surface area contributed by atoms with Gasteiger partial charge < -0.3 is 9.30 Å². The number of fused-ring (bicyclic) bond motifs is 2. The second-order valence-corrected chi connectivity index (χ2v) is 16.6. The number of para-hydroxylation sites is 1. The molecule has 0 aliphatic rings. The van der Waals surface area contributed by atoms with Gasteiger partial charge in [0.05, 0.1) is 28.1 Å². The summed E-state index contributed by atoms with van der Waals surface area (Å²) in [5, 5.41) is 0. The van der Waals surface area contributed by atoms with Crippen molar-refractivity contribution >= 4 is 33.7 Å². The number of hydrogen-bond acceptors (Lipinski definition) is 4. The predicted molar refractivity (Wildman–Crippen MR) is 259 cm³/mol. The van der Waals surface area contributed by atoms with Crippen molar-refractivity contribution in [1.82, 2.24) is 19.4 Å². The molecular weight excluding hydrogens is 755 g/mol. The quantitative estimate of drug-likeness (QED) is 0.154. The van der Waals surface area contributed by atoms with Gasteiger partial charge in [0, 0.05) is 46.1 Å². The molecule has 0 fully saturated rings. The van der Waals surface area contributed by atoms with Crippen molar-refractivity contribution < 1.29 is 0 Å². The second kappa shape index (κ2) is 15.8. The topological polar surface area (TPSA) is 46.3 Å². The van der Waals surface area contributed by atoms with E-state index in [0.29, 0.717) is 0 Å². The zero-order valence-electron chi connectivity index (χ0n) is 36.0. The van der Waals surface area contributed by atoms with Crippen LogP contribution in [0.5, 0.6) is 0 Å². The normalized spacial score (nSPS) is 11.4. The lowest BCUT2D eigenvalue weighted by Crippen LogP contribution is -2.09. The Morgan fingerprint density at radius 1 is 0.403 bits per heavy atom. The molecule has 0 radical (unpaired) electrons. The number of anilines is 3. The number of aryl methyl sites for hydroxylation is 6. The average Bonchev–Trinajstić information content (AvgIpc) is 3.71. The molecule has 0 saturated carbocycles. The van der Waals surface area contributed by atoms with Crippen LogP contribution in [-0.4, -0.2) is 19.4 Å². The summed E-state index contributed by atoms with van der Waals surface area (Å²) in [6.07, 6.45) is 4.11. The molecular formula is C57H47N5. The van der Waals surface area contributed by atoms with Crippen LogP contribution in [0.1, 0.15) is 33.4 Å². The van der Waals surface area contributed by atoms with Crippen LogP contribution in [0, 0.1) is 41.5 Å². The fraction of sp³-hybridized carbons (Fsp3) is 0.105. The monoisotopic (exact) mass is 801 g/mol. The molecule has 0 atom stereocenters. The predicted octanol–water partition coefficient (Wildman–Crippen LogP) is 14.9. The maximum Gasteiger partial charge on any atom is 0.137 e. The number of nitrogens with zero attached hydrogens (tertiary/aromatic N) is 5. The van der Waals surface area contributed by atoms with Crippen molar-refractivity contribution in [1.29, 1.82) is 0 Å². The number of hydrogen-bond donors (Lipinski definition) is 0. The Kier molecular flexibility index (Phi) is 9.80. The van der Waals surface area contributed by atoms with Crippen LogP contribution in [0.4, 0.5) is 17.1 Å². The Morgan fingerprint density at radius 3 is 1.34 bits per heavy atom. The number of pyridine rings is 1. The highest BCUT2D eigenvalue weighted by Crippen LogP contribution is 2.43. The molecule has 0 spiro atoms. The zero-order valence-corrected chi connectivity index (χ0v) is 36.0. The molecule has 0 aliphatic carbocycles. The number of aromatic nitrogens is 4. The van der Waals surface area contributed by atoms with E-state index in [1.807, 2.05) is 30.5 Å². The SMILES string of the molecule is Cc1cc(C)c(-c2cc3nc(-c4ccccc4)c(-c4ccc(N(c5ccccc5)c5ccc(-c6cn7ccccc7n6)cc5)cc4)nc3cc2-c2c(C)cc(C)cc2C)c(C)c1. The summed E-state index contributed by atoms with van der Waals surface area (Å²) in [6.45, 7) is 13.2. The third-order valence-corrected chi connectivity index (χ3v) is 11.9. The molecule has 5 nitrogen and oxygen atoms in total. The minimum atomic E-state index is 0.845. The summed E-state index contributed by atoms with van der Waals surface area (Å²) in [6, 6.07) is 58.1. The van der Waals surface area contributed by atoms with Crippen molar-refractivity contribution in [2.45, 2.75) is 41.5 Å². The van der Waals surface area contributed by atoms with Crippen LogP contribution in [-0.2, 0) is 0 Å². The highest BCUT2D eigenvalue weighted by Gasteiger charge is 2.21. The van der Waals surface area contributed by atoms with Crippen LogP contribution in [0.25, 0.3) is 72.7 Å². The second-order valence-electron chi connectivity index (χ2n) is 16.6. The van der Waals surface area contributed by atoms with Crippen LogP contribution in [0.3, 0.4) is 0 Å². The van der Waals surface area contributed by atoms with Crippen LogP contribution >= 0.6 is 0 Å². The maximum atomic E-state index is 5.54. The van der Waals surface area contributed by atoms with E-state index in [2.05, 4.69) is 197 Å². The Bertz CT molecular complexity index is 3200. The first-order valence-corrected chi connectivity index (χ1v) is 21.3. The minimum absolute atomic E-state index is 0.845. The van der Waals surface area contributed by atoms with E-state index in [1.165, 1.54) is 55.6 Å². The van der Waals surface area contributed by atoms with E-state index >= 15 is 0 Å². The molecule has 10 aromatic rings. The smallest absolute Gasteiger partial charge is 0.137 e. The highest BCUT2D eigenvalue weighted by molar-refractivity contribution is 5.98. The third-order valence-electron chi connectivity index (χ3n) is 11.9. The highest BCUT2D eigenvalue weighted by atomic mass is 15.1. The fourth-order valence-corrected chi connectivity index (χ4v) is 9.37. The van der Waals surface area contributed by atoms with Gasteiger partial charge in [0.1, 0.15) is 5.65 Å².